The SMILES string of the molecule is CCCC1CCC(N(CC(=O)O)C2CC2)CC1. The van der Waals surface area contributed by atoms with Gasteiger partial charge in [-0.3, -0.25) is 9.69 Å². The molecule has 0 unspecified atom stereocenters. The minimum absolute atomic E-state index is 0.258. The Balaban J connectivity index is 1.82. The van der Waals surface area contributed by atoms with Crippen LogP contribution in [-0.2, 0) is 4.79 Å². The average molecular weight is 239 g/mol. The van der Waals surface area contributed by atoms with E-state index in [-0.39, 0.29) is 6.54 Å². The van der Waals surface area contributed by atoms with E-state index in [1.54, 1.807) is 0 Å². The molecular weight excluding hydrogens is 214 g/mol. The maximum absolute atomic E-state index is 10.9. The fraction of sp³-hybridized carbons (Fsp3) is 0.929. The summed E-state index contributed by atoms with van der Waals surface area (Å²) >= 11 is 0. The molecule has 0 aromatic carbocycles. The van der Waals surface area contributed by atoms with Crippen molar-refractivity contribution in [2.45, 2.75) is 70.4 Å². The molecule has 0 spiro atoms. The first-order valence-corrected chi connectivity index (χ1v) is 7.18. The van der Waals surface area contributed by atoms with Crippen LogP contribution >= 0.6 is 0 Å². The average Bonchev–Trinajstić information content (AvgIpc) is 3.11. The molecule has 0 aromatic heterocycles. The van der Waals surface area contributed by atoms with E-state index in [2.05, 4.69) is 11.8 Å². The van der Waals surface area contributed by atoms with Crippen molar-refractivity contribution >= 4 is 5.97 Å². The molecule has 0 aromatic rings. The first-order valence-electron chi connectivity index (χ1n) is 7.18. The third kappa shape index (κ3) is 3.70. The van der Waals surface area contributed by atoms with Crippen molar-refractivity contribution in [1.82, 2.24) is 4.90 Å². The summed E-state index contributed by atoms with van der Waals surface area (Å²) in [7, 11) is 0. The maximum atomic E-state index is 10.9. The molecule has 2 fully saturated rings. The van der Waals surface area contributed by atoms with Crippen LogP contribution in [0.5, 0.6) is 0 Å². The number of carbonyl (C=O) groups is 1. The fourth-order valence-corrected chi connectivity index (χ4v) is 3.29. The van der Waals surface area contributed by atoms with Gasteiger partial charge in [-0.05, 0) is 44.4 Å². The zero-order valence-corrected chi connectivity index (χ0v) is 10.9. The van der Waals surface area contributed by atoms with Crippen molar-refractivity contribution in [1.29, 1.82) is 0 Å². The van der Waals surface area contributed by atoms with Crippen molar-refractivity contribution in [3.8, 4) is 0 Å². The van der Waals surface area contributed by atoms with Crippen LogP contribution in [0.2, 0.25) is 0 Å². The molecule has 1 N–H and O–H groups in total. The van der Waals surface area contributed by atoms with E-state index < -0.39 is 5.97 Å². The Morgan fingerprint density at radius 1 is 1.12 bits per heavy atom. The first-order chi connectivity index (χ1) is 8.20. The minimum atomic E-state index is -0.660. The first kappa shape index (κ1) is 12.9. The van der Waals surface area contributed by atoms with E-state index in [1.165, 1.54) is 51.4 Å². The second-order valence-corrected chi connectivity index (χ2v) is 5.76. The molecule has 0 heterocycles. The highest BCUT2D eigenvalue weighted by Gasteiger charge is 2.36. The normalized spacial score (nSPS) is 29.5. The number of carboxylic acids is 1. The number of nitrogens with zero attached hydrogens (tertiary/aromatic N) is 1. The lowest BCUT2D eigenvalue weighted by Crippen LogP contribution is -2.42. The molecule has 2 aliphatic carbocycles. The number of aliphatic carboxylic acids is 1. The maximum Gasteiger partial charge on any atom is 0.317 e. The molecule has 2 aliphatic rings. The third-order valence-corrected chi connectivity index (χ3v) is 4.32. The van der Waals surface area contributed by atoms with Gasteiger partial charge in [0.15, 0.2) is 0 Å². The Bertz CT molecular complexity index is 255. The van der Waals surface area contributed by atoms with Crippen molar-refractivity contribution in [2.75, 3.05) is 6.54 Å². The quantitative estimate of drug-likeness (QED) is 0.774. The van der Waals surface area contributed by atoms with E-state index in [4.69, 9.17) is 5.11 Å². The summed E-state index contributed by atoms with van der Waals surface area (Å²) in [6.45, 7) is 2.51. The lowest BCUT2D eigenvalue weighted by molar-refractivity contribution is -0.139. The minimum Gasteiger partial charge on any atom is -0.480 e. The van der Waals surface area contributed by atoms with Gasteiger partial charge in [0.25, 0.3) is 0 Å². The van der Waals surface area contributed by atoms with Gasteiger partial charge in [-0.15, -0.1) is 0 Å². The molecule has 0 radical (unpaired) electrons. The third-order valence-electron chi connectivity index (χ3n) is 4.32. The highest BCUT2D eigenvalue weighted by molar-refractivity contribution is 5.69. The van der Waals surface area contributed by atoms with Crippen LogP contribution in [0.25, 0.3) is 0 Å². The molecule has 0 atom stereocenters. The molecule has 0 bridgehead atoms. The second-order valence-electron chi connectivity index (χ2n) is 5.76. The van der Waals surface area contributed by atoms with Crippen molar-refractivity contribution in [3.05, 3.63) is 0 Å². The molecule has 98 valence electrons. The van der Waals surface area contributed by atoms with Gasteiger partial charge in [-0.25, -0.2) is 0 Å². The van der Waals surface area contributed by atoms with E-state index in [1.807, 2.05) is 0 Å². The Morgan fingerprint density at radius 3 is 2.06 bits per heavy atom. The van der Waals surface area contributed by atoms with Gasteiger partial charge in [0.2, 0.25) is 0 Å². The predicted octanol–water partition coefficient (Wildman–Crippen LogP) is 2.89. The Hall–Kier alpha value is -0.570. The highest BCUT2D eigenvalue weighted by Crippen LogP contribution is 2.36. The van der Waals surface area contributed by atoms with Gasteiger partial charge in [-0.1, -0.05) is 19.8 Å². The molecule has 0 saturated heterocycles. The summed E-state index contributed by atoms with van der Waals surface area (Å²) in [6, 6.07) is 1.13. The van der Waals surface area contributed by atoms with Crippen LogP contribution in [0.1, 0.15) is 58.3 Å². The topological polar surface area (TPSA) is 40.5 Å². The largest absolute Gasteiger partial charge is 0.480 e. The summed E-state index contributed by atoms with van der Waals surface area (Å²) in [5.41, 5.74) is 0. The monoisotopic (exact) mass is 239 g/mol. The summed E-state index contributed by atoms with van der Waals surface area (Å²) in [5, 5.41) is 8.99. The molecule has 2 saturated carbocycles. The molecular formula is C14H25NO2. The number of hydrogen-bond donors (Lipinski definition) is 1. The lowest BCUT2D eigenvalue weighted by Gasteiger charge is -2.36. The van der Waals surface area contributed by atoms with Crippen molar-refractivity contribution in [2.24, 2.45) is 5.92 Å². The standard InChI is InChI=1S/C14H25NO2/c1-2-3-11-4-6-12(7-5-11)15(10-14(16)17)13-8-9-13/h11-13H,2-10H2,1H3,(H,16,17). The molecule has 3 nitrogen and oxygen atoms in total. The van der Waals surface area contributed by atoms with E-state index in [0.29, 0.717) is 12.1 Å². The van der Waals surface area contributed by atoms with E-state index in [0.717, 1.165) is 5.92 Å². The number of rotatable bonds is 6. The summed E-state index contributed by atoms with van der Waals surface area (Å²) in [6.07, 6.45) is 10.1. The van der Waals surface area contributed by atoms with Crippen LogP contribution in [0.4, 0.5) is 0 Å². The number of hydrogen-bond acceptors (Lipinski definition) is 2. The molecule has 3 heteroatoms. The lowest BCUT2D eigenvalue weighted by atomic mass is 9.83. The van der Waals surface area contributed by atoms with Crippen LogP contribution in [-0.4, -0.2) is 34.6 Å². The molecule has 17 heavy (non-hydrogen) atoms. The van der Waals surface area contributed by atoms with Crippen LogP contribution in [0.3, 0.4) is 0 Å². The van der Waals surface area contributed by atoms with Gasteiger partial charge in [-0.2, -0.15) is 0 Å². The summed E-state index contributed by atoms with van der Waals surface area (Å²) in [4.78, 5) is 13.2. The molecule has 2 rings (SSSR count). The van der Waals surface area contributed by atoms with Gasteiger partial charge >= 0.3 is 5.97 Å². The van der Waals surface area contributed by atoms with E-state index in [9.17, 15) is 4.79 Å². The number of carboxylic acid groups (broad SMARTS) is 1. The Kier molecular flexibility index (Phi) is 4.43. The van der Waals surface area contributed by atoms with Gasteiger partial charge < -0.3 is 5.11 Å². The van der Waals surface area contributed by atoms with Gasteiger partial charge in [0.1, 0.15) is 0 Å². The molecule has 0 amide bonds. The predicted molar refractivity (Wildman–Crippen MR) is 68.0 cm³/mol. The van der Waals surface area contributed by atoms with Crippen LogP contribution in [0.15, 0.2) is 0 Å². The summed E-state index contributed by atoms with van der Waals surface area (Å²) in [5.74, 6) is 0.245. The zero-order valence-electron chi connectivity index (χ0n) is 10.9. The second kappa shape index (κ2) is 5.85. The van der Waals surface area contributed by atoms with Crippen LogP contribution < -0.4 is 0 Å². The van der Waals surface area contributed by atoms with Crippen LogP contribution in [0, 0.1) is 5.92 Å². The Labute approximate surface area is 104 Å². The Morgan fingerprint density at radius 2 is 1.65 bits per heavy atom. The van der Waals surface area contributed by atoms with Gasteiger partial charge in [0.05, 0.1) is 6.54 Å². The smallest absolute Gasteiger partial charge is 0.317 e. The molecule has 0 aliphatic heterocycles. The highest BCUT2D eigenvalue weighted by atomic mass is 16.4. The van der Waals surface area contributed by atoms with Gasteiger partial charge in [0, 0.05) is 12.1 Å². The van der Waals surface area contributed by atoms with Crippen molar-refractivity contribution < 1.29 is 9.90 Å². The fourth-order valence-electron chi connectivity index (χ4n) is 3.29. The van der Waals surface area contributed by atoms with Crippen molar-refractivity contribution in [3.63, 3.8) is 0 Å². The summed E-state index contributed by atoms with van der Waals surface area (Å²) < 4.78 is 0. The zero-order chi connectivity index (χ0) is 12.3. The van der Waals surface area contributed by atoms with E-state index >= 15 is 0 Å².